The Balaban J connectivity index is 1.51. The molecular weight excluding hydrogens is 551 g/mol. The highest BCUT2D eigenvalue weighted by molar-refractivity contribution is 7.90. The second kappa shape index (κ2) is 12.4. The zero-order chi connectivity index (χ0) is 28.9. The molecule has 2 saturated heterocycles. The van der Waals surface area contributed by atoms with Crippen molar-refractivity contribution in [1.82, 2.24) is 9.62 Å². The van der Waals surface area contributed by atoms with Crippen LogP contribution < -0.4 is 14.2 Å². The quantitative estimate of drug-likeness (QED) is 0.429. The van der Waals surface area contributed by atoms with Crippen molar-refractivity contribution in [3.63, 3.8) is 0 Å². The Labute approximate surface area is 230 Å². The number of likely N-dealkylation sites (tertiary alicyclic amines) is 1. The molecule has 0 unspecified atom stereocenters. The molecule has 2 aliphatic rings. The first-order valence-corrected chi connectivity index (χ1v) is 14.3. The summed E-state index contributed by atoms with van der Waals surface area (Å²) in [4.78, 5) is 13.9. The number of halogens is 3. The summed E-state index contributed by atoms with van der Waals surface area (Å²) < 4.78 is 86.4. The van der Waals surface area contributed by atoms with Gasteiger partial charge in [-0.25, -0.2) is 26.3 Å². The van der Waals surface area contributed by atoms with Gasteiger partial charge >= 0.3 is 0 Å². The number of nitriles is 1. The number of benzene rings is 2. The lowest BCUT2D eigenvalue weighted by Gasteiger charge is -2.35. The Morgan fingerprint density at radius 3 is 2.60 bits per heavy atom. The molecule has 216 valence electrons. The van der Waals surface area contributed by atoms with Crippen molar-refractivity contribution in [2.45, 2.75) is 55.4 Å². The number of carbonyl (C=O) groups is 1. The molecule has 0 aliphatic carbocycles. The highest BCUT2D eigenvalue weighted by Gasteiger charge is 2.38. The molecule has 1 N–H and O–H groups in total. The Morgan fingerprint density at radius 1 is 1.25 bits per heavy atom. The Bertz CT molecular complexity index is 1350. The fourth-order valence-corrected chi connectivity index (χ4v) is 5.52. The first-order chi connectivity index (χ1) is 19.0. The first-order valence-electron chi connectivity index (χ1n) is 12.9. The number of rotatable bonds is 11. The van der Waals surface area contributed by atoms with Gasteiger partial charge in [0.2, 0.25) is 0 Å². The fraction of sp³-hybridized carbons (Fsp3) is 0.481. The number of nitrogens with one attached hydrogen (secondary N) is 1. The van der Waals surface area contributed by atoms with E-state index in [0.29, 0.717) is 37.8 Å². The molecule has 1 amide bonds. The summed E-state index contributed by atoms with van der Waals surface area (Å²) >= 11 is 0. The predicted molar refractivity (Wildman–Crippen MR) is 137 cm³/mol. The molecule has 2 aromatic rings. The number of hydrogen-bond donors (Lipinski definition) is 1. The smallest absolute Gasteiger partial charge is 0.265 e. The predicted octanol–water partition coefficient (Wildman–Crippen LogP) is 3.47. The third-order valence-corrected chi connectivity index (χ3v) is 8.15. The van der Waals surface area contributed by atoms with Crippen molar-refractivity contribution in [2.75, 3.05) is 32.8 Å². The third kappa shape index (κ3) is 7.24. The molecule has 40 heavy (non-hydrogen) atoms. The van der Waals surface area contributed by atoms with Crippen LogP contribution in [-0.4, -0.2) is 69.9 Å². The van der Waals surface area contributed by atoms with Gasteiger partial charge in [-0.15, -0.1) is 0 Å². The van der Waals surface area contributed by atoms with Gasteiger partial charge in [-0.2, -0.15) is 5.26 Å². The van der Waals surface area contributed by atoms with E-state index in [1.165, 1.54) is 31.2 Å². The zero-order valence-electron chi connectivity index (χ0n) is 21.9. The van der Waals surface area contributed by atoms with E-state index >= 15 is 4.39 Å². The van der Waals surface area contributed by atoms with Crippen LogP contribution in [0, 0.1) is 23.0 Å². The van der Waals surface area contributed by atoms with Crippen molar-refractivity contribution in [3.05, 3.63) is 53.6 Å². The molecule has 9 nitrogen and oxygen atoms in total. The van der Waals surface area contributed by atoms with Gasteiger partial charge in [0.05, 0.1) is 10.5 Å². The van der Waals surface area contributed by atoms with E-state index in [2.05, 4.69) is 0 Å². The standard InChI is InChI=1S/C27H30F3N3O6S/c1-27(9-2-3-11-38-27)26(34)32-40(35,36)23-12-18(14-31)25(24(30)13-23)39-22(8-10-33-15-20(29)16-33)17-37-21-6-4-19(28)5-7-21/h4-7,12-13,20,22H,2-3,8-11,15-17H2,1H3,(H,32,34)/t22-,27-/m1/s1. The SMILES string of the molecule is C[C@]1(C(=O)NS(=O)(=O)c2cc(F)c(O[C@H](CCN3CC(F)C3)COc3ccc(F)cc3)c(C#N)c2)CCCCO1. The lowest BCUT2D eigenvalue weighted by atomic mass is 9.95. The summed E-state index contributed by atoms with van der Waals surface area (Å²) in [5, 5.41) is 9.69. The highest BCUT2D eigenvalue weighted by atomic mass is 32.2. The monoisotopic (exact) mass is 581 g/mol. The highest BCUT2D eigenvalue weighted by Crippen LogP contribution is 2.30. The number of ether oxygens (including phenoxy) is 3. The van der Waals surface area contributed by atoms with E-state index in [1.54, 1.807) is 6.07 Å². The molecule has 0 aromatic heterocycles. The average Bonchev–Trinajstić information content (AvgIpc) is 2.90. The van der Waals surface area contributed by atoms with E-state index < -0.39 is 61.7 Å². The number of nitrogens with zero attached hydrogens (tertiary/aromatic N) is 2. The molecule has 2 aromatic carbocycles. The molecule has 2 fully saturated rings. The Morgan fingerprint density at radius 2 is 1.98 bits per heavy atom. The summed E-state index contributed by atoms with van der Waals surface area (Å²) in [6.45, 7) is 2.59. The van der Waals surface area contributed by atoms with Crippen LogP contribution in [0.3, 0.4) is 0 Å². The van der Waals surface area contributed by atoms with Crippen LogP contribution in [0.25, 0.3) is 0 Å². The first kappa shape index (κ1) is 29.6. The summed E-state index contributed by atoms with van der Waals surface area (Å²) in [5.74, 6) is -2.63. The van der Waals surface area contributed by atoms with Crippen LogP contribution in [0.5, 0.6) is 11.5 Å². The van der Waals surface area contributed by atoms with Crippen molar-refractivity contribution >= 4 is 15.9 Å². The summed E-state index contributed by atoms with van der Waals surface area (Å²) in [6.07, 6.45) is 0.284. The minimum atomic E-state index is -4.54. The number of sulfonamides is 1. The van der Waals surface area contributed by atoms with Gasteiger partial charge in [-0.05, 0) is 62.6 Å². The minimum absolute atomic E-state index is 0.114. The number of alkyl halides is 1. The second-order valence-electron chi connectivity index (χ2n) is 10.0. The van der Waals surface area contributed by atoms with Gasteiger partial charge in [-0.1, -0.05) is 0 Å². The number of hydrogen-bond acceptors (Lipinski definition) is 8. The van der Waals surface area contributed by atoms with Gasteiger partial charge in [0.25, 0.3) is 15.9 Å². The maximum atomic E-state index is 15.3. The molecule has 0 saturated carbocycles. The normalized spacial score (nSPS) is 20.7. The Kier molecular flexibility index (Phi) is 9.22. The number of carbonyl (C=O) groups excluding carboxylic acids is 1. The maximum absolute atomic E-state index is 15.3. The maximum Gasteiger partial charge on any atom is 0.265 e. The van der Waals surface area contributed by atoms with E-state index in [-0.39, 0.29) is 26.1 Å². The van der Waals surface area contributed by atoms with Crippen LogP contribution in [0.1, 0.15) is 38.2 Å². The molecule has 4 rings (SSSR count). The van der Waals surface area contributed by atoms with E-state index in [1.807, 2.05) is 9.62 Å². The lowest BCUT2D eigenvalue weighted by Crippen LogP contribution is -2.50. The lowest BCUT2D eigenvalue weighted by molar-refractivity contribution is -0.148. The minimum Gasteiger partial charge on any atom is -0.490 e. The van der Waals surface area contributed by atoms with Crippen molar-refractivity contribution in [2.24, 2.45) is 0 Å². The van der Waals surface area contributed by atoms with Crippen LogP contribution in [-0.2, 0) is 19.6 Å². The van der Waals surface area contributed by atoms with Crippen LogP contribution >= 0.6 is 0 Å². The molecule has 2 atom stereocenters. The van der Waals surface area contributed by atoms with E-state index in [9.17, 15) is 27.3 Å². The largest absolute Gasteiger partial charge is 0.490 e. The summed E-state index contributed by atoms with van der Waals surface area (Å²) in [7, 11) is -4.54. The topological polar surface area (TPSA) is 118 Å². The zero-order valence-corrected chi connectivity index (χ0v) is 22.7. The van der Waals surface area contributed by atoms with E-state index in [0.717, 1.165) is 12.5 Å². The average molecular weight is 582 g/mol. The summed E-state index contributed by atoms with van der Waals surface area (Å²) in [5.41, 5.74) is -1.76. The molecule has 2 heterocycles. The van der Waals surface area contributed by atoms with Gasteiger partial charge in [0, 0.05) is 32.7 Å². The number of amides is 1. The summed E-state index contributed by atoms with van der Waals surface area (Å²) in [6, 6.07) is 8.55. The van der Waals surface area contributed by atoms with Crippen LogP contribution in [0.15, 0.2) is 41.3 Å². The van der Waals surface area contributed by atoms with E-state index in [4.69, 9.17) is 14.2 Å². The van der Waals surface area contributed by atoms with Crippen molar-refractivity contribution in [3.8, 4) is 17.6 Å². The van der Waals surface area contributed by atoms with Gasteiger partial charge in [0.15, 0.2) is 11.6 Å². The Hall–Kier alpha value is -3.34. The van der Waals surface area contributed by atoms with Crippen LogP contribution in [0.4, 0.5) is 13.2 Å². The molecule has 0 radical (unpaired) electrons. The van der Waals surface area contributed by atoms with Crippen molar-refractivity contribution < 1.29 is 40.6 Å². The van der Waals surface area contributed by atoms with Gasteiger partial charge in [-0.3, -0.25) is 9.69 Å². The third-order valence-electron chi connectivity index (χ3n) is 6.84. The second-order valence-corrected chi connectivity index (χ2v) is 11.7. The molecular formula is C27H30F3N3O6S. The molecule has 13 heteroatoms. The fourth-order valence-electron chi connectivity index (χ4n) is 4.41. The van der Waals surface area contributed by atoms with Gasteiger partial charge in [0.1, 0.15) is 42.1 Å². The molecule has 0 spiro atoms. The molecule has 2 aliphatic heterocycles. The van der Waals surface area contributed by atoms with Crippen LogP contribution in [0.2, 0.25) is 0 Å². The van der Waals surface area contributed by atoms with Crippen molar-refractivity contribution in [1.29, 1.82) is 5.26 Å². The molecule has 0 bridgehead atoms. The van der Waals surface area contributed by atoms with Gasteiger partial charge < -0.3 is 14.2 Å².